The summed E-state index contributed by atoms with van der Waals surface area (Å²) in [5.74, 6) is 0.0531. The molecule has 0 aliphatic rings. The third-order valence-corrected chi connectivity index (χ3v) is 3.69. The predicted molar refractivity (Wildman–Crippen MR) is 96.1 cm³/mol. The molecule has 0 aliphatic heterocycles. The van der Waals surface area contributed by atoms with Gasteiger partial charge < -0.3 is 20.7 Å². The van der Waals surface area contributed by atoms with Gasteiger partial charge in [0.2, 0.25) is 5.88 Å². The Morgan fingerprint density at radius 1 is 1.04 bits per heavy atom. The lowest BCUT2D eigenvalue weighted by Gasteiger charge is -2.12. The average molecular weight is 342 g/mol. The van der Waals surface area contributed by atoms with E-state index in [0.717, 1.165) is 11.3 Å². The zero-order valence-corrected chi connectivity index (χ0v) is 14.8. The maximum Gasteiger partial charge on any atom is 0.251 e. The van der Waals surface area contributed by atoms with E-state index in [4.69, 9.17) is 4.74 Å². The molecule has 25 heavy (non-hydrogen) atoms. The maximum atomic E-state index is 11.9. The standard InChI is InChI=1S/C18H22N4O3/c1-11-5-6-14(22-18(11)25-4)10-21-15-8-12(16(23)19-2)7-13(9-15)17(24)20-3/h5-9,21H,10H2,1-4H3,(H,19,23)(H,20,24). The van der Waals surface area contributed by atoms with E-state index >= 15 is 0 Å². The lowest BCUT2D eigenvalue weighted by atomic mass is 10.1. The van der Waals surface area contributed by atoms with Crippen molar-refractivity contribution in [2.45, 2.75) is 13.5 Å². The number of methoxy groups -OCH3 is 1. The summed E-state index contributed by atoms with van der Waals surface area (Å²) in [7, 11) is 4.67. The van der Waals surface area contributed by atoms with Crippen molar-refractivity contribution in [2.24, 2.45) is 0 Å². The molecule has 2 rings (SSSR count). The molecule has 132 valence electrons. The summed E-state index contributed by atoms with van der Waals surface area (Å²) in [5, 5.41) is 8.31. The fourth-order valence-electron chi connectivity index (χ4n) is 2.33. The van der Waals surface area contributed by atoms with Gasteiger partial charge in [-0.05, 0) is 31.2 Å². The number of anilines is 1. The number of aromatic nitrogens is 1. The smallest absolute Gasteiger partial charge is 0.251 e. The number of rotatable bonds is 6. The highest BCUT2D eigenvalue weighted by molar-refractivity contribution is 6.00. The van der Waals surface area contributed by atoms with Crippen LogP contribution in [0.3, 0.4) is 0 Å². The minimum Gasteiger partial charge on any atom is -0.481 e. The molecule has 0 radical (unpaired) electrons. The highest BCUT2D eigenvalue weighted by Crippen LogP contribution is 2.18. The Hall–Kier alpha value is -3.09. The zero-order valence-electron chi connectivity index (χ0n) is 14.8. The van der Waals surface area contributed by atoms with E-state index in [1.807, 2.05) is 19.1 Å². The Morgan fingerprint density at radius 2 is 1.64 bits per heavy atom. The fourth-order valence-corrected chi connectivity index (χ4v) is 2.33. The lowest BCUT2D eigenvalue weighted by molar-refractivity contribution is 0.0962. The zero-order chi connectivity index (χ0) is 18.4. The predicted octanol–water partition coefficient (Wildman–Crippen LogP) is 1.73. The van der Waals surface area contributed by atoms with Gasteiger partial charge in [0.05, 0.1) is 19.3 Å². The minimum absolute atomic E-state index is 0.260. The van der Waals surface area contributed by atoms with Crippen LogP contribution in [0.1, 0.15) is 32.0 Å². The largest absolute Gasteiger partial charge is 0.481 e. The second-order valence-electron chi connectivity index (χ2n) is 5.44. The molecule has 0 atom stereocenters. The van der Waals surface area contributed by atoms with Crippen molar-refractivity contribution in [2.75, 3.05) is 26.5 Å². The molecule has 7 nitrogen and oxygen atoms in total. The van der Waals surface area contributed by atoms with E-state index in [9.17, 15) is 9.59 Å². The number of hydrogen-bond acceptors (Lipinski definition) is 5. The Balaban J connectivity index is 2.26. The first-order valence-electron chi connectivity index (χ1n) is 7.82. The first-order valence-corrected chi connectivity index (χ1v) is 7.82. The number of nitrogens with zero attached hydrogens (tertiary/aromatic N) is 1. The molecule has 2 amide bonds. The Kier molecular flexibility index (Phi) is 5.94. The number of amides is 2. The summed E-state index contributed by atoms with van der Waals surface area (Å²) in [6.07, 6.45) is 0. The summed E-state index contributed by atoms with van der Waals surface area (Å²) in [6, 6.07) is 8.76. The monoisotopic (exact) mass is 342 g/mol. The van der Waals surface area contributed by atoms with E-state index in [1.165, 1.54) is 0 Å². The van der Waals surface area contributed by atoms with Gasteiger partial charge in [0, 0.05) is 36.5 Å². The molecule has 1 heterocycles. The summed E-state index contributed by atoms with van der Waals surface area (Å²) in [6.45, 7) is 2.35. The van der Waals surface area contributed by atoms with Crippen LogP contribution in [0.4, 0.5) is 5.69 Å². The molecule has 0 fully saturated rings. The fraction of sp³-hybridized carbons (Fsp3) is 0.278. The first-order chi connectivity index (χ1) is 12.0. The van der Waals surface area contributed by atoms with E-state index in [0.29, 0.717) is 29.2 Å². The van der Waals surface area contributed by atoms with E-state index in [2.05, 4.69) is 20.9 Å². The van der Waals surface area contributed by atoms with Gasteiger partial charge in [-0.3, -0.25) is 9.59 Å². The van der Waals surface area contributed by atoms with E-state index in [1.54, 1.807) is 39.4 Å². The van der Waals surface area contributed by atoms with Crippen LogP contribution in [0.5, 0.6) is 5.88 Å². The van der Waals surface area contributed by atoms with Crippen LogP contribution in [0.25, 0.3) is 0 Å². The van der Waals surface area contributed by atoms with E-state index in [-0.39, 0.29) is 11.8 Å². The van der Waals surface area contributed by atoms with Crippen molar-refractivity contribution in [1.82, 2.24) is 15.6 Å². The van der Waals surface area contributed by atoms with Crippen LogP contribution in [0.15, 0.2) is 30.3 Å². The molecular weight excluding hydrogens is 320 g/mol. The van der Waals surface area contributed by atoms with Gasteiger partial charge in [-0.2, -0.15) is 0 Å². The van der Waals surface area contributed by atoms with Crippen molar-refractivity contribution in [1.29, 1.82) is 0 Å². The number of nitrogens with one attached hydrogen (secondary N) is 3. The van der Waals surface area contributed by atoms with Gasteiger partial charge in [0.1, 0.15) is 0 Å². The molecular formula is C18H22N4O3. The van der Waals surface area contributed by atoms with Crippen LogP contribution < -0.4 is 20.7 Å². The number of pyridine rings is 1. The van der Waals surface area contributed by atoms with Crippen LogP contribution in [-0.2, 0) is 6.54 Å². The van der Waals surface area contributed by atoms with Crippen molar-refractivity contribution in [3.8, 4) is 5.88 Å². The van der Waals surface area contributed by atoms with Gasteiger partial charge >= 0.3 is 0 Å². The molecule has 1 aromatic carbocycles. The first kappa shape index (κ1) is 18.3. The minimum atomic E-state index is -0.260. The molecule has 0 aliphatic carbocycles. The second kappa shape index (κ2) is 8.14. The van der Waals surface area contributed by atoms with Crippen molar-refractivity contribution < 1.29 is 14.3 Å². The van der Waals surface area contributed by atoms with Gasteiger partial charge in [-0.15, -0.1) is 0 Å². The normalized spacial score (nSPS) is 10.1. The highest BCUT2D eigenvalue weighted by atomic mass is 16.5. The van der Waals surface area contributed by atoms with Gasteiger partial charge in [0.15, 0.2) is 0 Å². The number of aryl methyl sites for hydroxylation is 1. The quantitative estimate of drug-likeness (QED) is 0.743. The van der Waals surface area contributed by atoms with Crippen LogP contribution in [-0.4, -0.2) is 38.0 Å². The van der Waals surface area contributed by atoms with E-state index < -0.39 is 0 Å². The third-order valence-electron chi connectivity index (χ3n) is 3.69. The average Bonchev–Trinajstić information content (AvgIpc) is 2.65. The molecule has 2 aromatic rings. The Bertz CT molecular complexity index is 756. The van der Waals surface area contributed by atoms with Crippen molar-refractivity contribution in [3.05, 3.63) is 52.7 Å². The number of carbonyl (C=O) groups is 2. The second-order valence-corrected chi connectivity index (χ2v) is 5.44. The maximum absolute atomic E-state index is 11.9. The highest BCUT2D eigenvalue weighted by Gasteiger charge is 2.12. The summed E-state index contributed by atoms with van der Waals surface area (Å²) in [4.78, 5) is 28.3. The number of hydrogen-bond donors (Lipinski definition) is 3. The molecule has 0 saturated carbocycles. The Morgan fingerprint density at radius 3 is 2.16 bits per heavy atom. The molecule has 7 heteroatoms. The van der Waals surface area contributed by atoms with Crippen LogP contribution in [0.2, 0.25) is 0 Å². The number of ether oxygens (including phenoxy) is 1. The third kappa shape index (κ3) is 4.47. The summed E-state index contributed by atoms with van der Waals surface area (Å²) in [5.41, 5.74) is 3.20. The Labute approximate surface area is 146 Å². The summed E-state index contributed by atoms with van der Waals surface area (Å²) < 4.78 is 5.22. The van der Waals surface area contributed by atoms with Crippen molar-refractivity contribution >= 4 is 17.5 Å². The molecule has 0 bridgehead atoms. The van der Waals surface area contributed by atoms with Crippen LogP contribution in [0, 0.1) is 6.92 Å². The molecule has 1 aromatic heterocycles. The van der Waals surface area contributed by atoms with Crippen LogP contribution >= 0.6 is 0 Å². The molecule has 0 spiro atoms. The SMILES string of the molecule is CNC(=O)c1cc(NCc2ccc(C)c(OC)n2)cc(C(=O)NC)c1. The van der Waals surface area contributed by atoms with Gasteiger partial charge in [0.25, 0.3) is 11.8 Å². The topological polar surface area (TPSA) is 92.3 Å². The molecule has 0 saturated heterocycles. The molecule has 0 unspecified atom stereocenters. The number of carbonyl (C=O) groups excluding carboxylic acids is 2. The summed E-state index contributed by atoms with van der Waals surface area (Å²) >= 11 is 0. The van der Waals surface area contributed by atoms with Crippen molar-refractivity contribution in [3.63, 3.8) is 0 Å². The van der Waals surface area contributed by atoms with Gasteiger partial charge in [-0.25, -0.2) is 4.98 Å². The van der Waals surface area contributed by atoms with Gasteiger partial charge in [-0.1, -0.05) is 6.07 Å². The lowest BCUT2D eigenvalue weighted by Crippen LogP contribution is -2.21. The molecule has 3 N–H and O–H groups in total. The number of benzene rings is 1.